The minimum atomic E-state index is -0.474. The number of ether oxygens (including phenoxy) is 1. The molecule has 0 bridgehead atoms. The lowest BCUT2D eigenvalue weighted by Crippen LogP contribution is -2.39. The maximum atomic E-state index is 11.6. The van der Waals surface area contributed by atoms with Crippen LogP contribution in [0.4, 0.5) is 5.69 Å². The topological polar surface area (TPSA) is 93.4 Å². The van der Waals surface area contributed by atoms with Crippen molar-refractivity contribution in [2.24, 2.45) is 5.73 Å². The molecule has 0 fully saturated rings. The molecule has 0 aliphatic carbocycles. The average molecular weight is 265 g/mol. The van der Waals surface area contributed by atoms with Crippen LogP contribution < -0.4 is 16.4 Å². The molecule has 0 spiro atoms. The zero-order chi connectivity index (χ0) is 14.3. The Morgan fingerprint density at radius 1 is 1.32 bits per heavy atom. The van der Waals surface area contributed by atoms with E-state index in [1.807, 2.05) is 6.92 Å². The van der Waals surface area contributed by atoms with Gasteiger partial charge in [0.15, 0.2) is 0 Å². The van der Waals surface area contributed by atoms with E-state index < -0.39 is 5.91 Å². The number of hydrogen-bond donors (Lipinski definition) is 3. The highest BCUT2D eigenvalue weighted by molar-refractivity contribution is 5.93. The van der Waals surface area contributed by atoms with Crippen LogP contribution in [0.15, 0.2) is 24.3 Å². The van der Waals surface area contributed by atoms with Gasteiger partial charge in [-0.25, -0.2) is 0 Å². The summed E-state index contributed by atoms with van der Waals surface area (Å²) in [5.74, 6) is -0.596. The predicted molar refractivity (Wildman–Crippen MR) is 72.9 cm³/mol. The summed E-state index contributed by atoms with van der Waals surface area (Å²) < 4.78 is 4.92. The Morgan fingerprint density at radius 3 is 2.47 bits per heavy atom. The molecule has 1 rings (SSSR count). The van der Waals surface area contributed by atoms with Crippen LogP contribution in [-0.2, 0) is 9.53 Å². The molecule has 1 atom stereocenters. The number of nitrogens with two attached hydrogens (primary N) is 1. The monoisotopic (exact) mass is 265 g/mol. The van der Waals surface area contributed by atoms with Crippen LogP contribution in [0.25, 0.3) is 0 Å². The summed E-state index contributed by atoms with van der Waals surface area (Å²) in [7, 11) is 1.58. The molecule has 6 nitrogen and oxygen atoms in total. The number of benzene rings is 1. The molecule has 19 heavy (non-hydrogen) atoms. The van der Waals surface area contributed by atoms with E-state index in [4.69, 9.17) is 10.5 Å². The van der Waals surface area contributed by atoms with Gasteiger partial charge in [0, 0.05) is 24.4 Å². The lowest BCUT2D eigenvalue weighted by Gasteiger charge is -2.13. The van der Waals surface area contributed by atoms with Crippen molar-refractivity contribution >= 4 is 17.5 Å². The van der Waals surface area contributed by atoms with Crippen LogP contribution in [0.1, 0.15) is 17.3 Å². The smallest absolute Gasteiger partial charge is 0.248 e. The fraction of sp³-hybridized carbons (Fsp3) is 0.385. The van der Waals surface area contributed by atoms with Crippen LogP contribution in [-0.4, -0.2) is 38.1 Å². The summed E-state index contributed by atoms with van der Waals surface area (Å²) in [6, 6.07) is 6.58. The molecule has 4 N–H and O–H groups in total. The third kappa shape index (κ3) is 5.39. The number of carbonyl (C=O) groups excluding carboxylic acids is 2. The summed E-state index contributed by atoms with van der Waals surface area (Å²) in [5, 5.41) is 5.73. The maximum absolute atomic E-state index is 11.6. The second-order valence-corrected chi connectivity index (χ2v) is 4.22. The number of hydrogen-bond acceptors (Lipinski definition) is 4. The molecule has 1 unspecified atom stereocenters. The molecule has 0 radical (unpaired) electrons. The van der Waals surface area contributed by atoms with Gasteiger partial charge < -0.3 is 21.1 Å². The molecule has 104 valence electrons. The molecule has 6 heteroatoms. The van der Waals surface area contributed by atoms with Crippen molar-refractivity contribution in [2.75, 3.05) is 25.6 Å². The molecular formula is C13H19N3O3. The predicted octanol–water partition coefficient (Wildman–Crippen LogP) is 0.349. The highest BCUT2D eigenvalue weighted by Gasteiger charge is 2.06. The van der Waals surface area contributed by atoms with Crippen LogP contribution in [0, 0.1) is 0 Å². The second kappa shape index (κ2) is 7.38. The summed E-state index contributed by atoms with van der Waals surface area (Å²) in [5.41, 5.74) is 6.32. The van der Waals surface area contributed by atoms with E-state index in [1.54, 1.807) is 31.4 Å². The molecule has 0 aliphatic heterocycles. The standard InChI is InChI=1S/C13H19N3O3/c1-9(8-19-2)16-12(17)7-15-11-5-3-10(4-6-11)13(14)18/h3-6,9,15H,7-8H2,1-2H3,(H2,14,18)(H,16,17). The number of amides is 2. The van der Waals surface area contributed by atoms with Gasteiger partial charge in [0.05, 0.1) is 13.2 Å². The first-order valence-corrected chi connectivity index (χ1v) is 5.95. The Hall–Kier alpha value is -2.08. The first-order chi connectivity index (χ1) is 9.02. The third-order valence-electron chi connectivity index (χ3n) is 2.45. The number of rotatable bonds is 7. The highest BCUT2D eigenvalue weighted by atomic mass is 16.5. The quantitative estimate of drug-likeness (QED) is 0.663. The van der Waals surface area contributed by atoms with E-state index in [0.717, 1.165) is 5.69 Å². The van der Waals surface area contributed by atoms with Gasteiger partial charge in [-0.1, -0.05) is 0 Å². The fourth-order valence-electron chi connectivity index (χ4n) is 1.55. The molecule has 2 amide bonds. The van der Waals surface area contributed by atoms with Crippen molar-refractivity contribution in [3.8, 4) is 0 Å². The SMILES string of the molecule is COCC(C)NC(=O)CNc1ccc(C(N)=O)cc1. The van der Waals surface area contributed by atoms with E-state index in [0.29, 0.717) is 12.2 Å². The first kappa shape index (κ1) is 15.0. The number of carbonyl (C=O) groups is 2. The van der Waals surface area contributed by atoms with Crippen LogP contribution in [0.2, 0.25) is 0 Å². The Kier molecular flexibility index (Phi) is 5.81. The van der Waals surface area contributed by atoms with E-state index in [1.165, 1.54) is 0 Å². The second-order valence-electron chi connectivity index (χ2n) is 4.22. The molecule has 1 aromatic carbocycles. The van der Waals surface area contributed by atoms with Gasteiger partial charge in [-0.05, 0) is 31.2 Å². The van der Waals surface area contributed by atoms with Crippen molar-refractivity contribution in [1.82, 2.24) is 5.32 Å². The molecule has 0 aromatic heterocycles. The molecule has 0 heterocycles. The summed E-state index contributed by atoms with van der Waals surface area (Å²) in [4.78, 5) is 22.5. The lowest BCUT2D eigenvalue weighted by atomic mass is 10.2. The van der Waals surface area contributed by atoms with Crippen molar-refractivity contribution in [2.45, 2.75) is 13.0 Å². The summed E-state index contributed by atoms with van der Waals surface area (Å²) in [6.45, 7) is 2.49. The minimum Gasteiger partial charge on any atom is -0.383 e. The zero-order valence-electron chi connectivity index (χ0n) is 11.1. The van der Waals surface area contributed by atoms with Gasteiger partial charge in [-0.3, -0.25) is 9.59 Å². The molecule has 0 saturated carbocycles. The Morgan fingerprint density at radius 2 is 1.95 bits per heavy atom. The van der Waals surface area contributed by atoms with Crippen LogP contribution >= 0.6 is 0 Å². The molecule has 0 aliphatic rings. The zero-order valence-corrected chi connectivity index (χ0v) is 11.1. The van der Waals surface area contributed by atoms with E-state index in [2.05, 4.69) is 10.6 Å². The average Bonchev–Trinajstić information content (AvgIpc) is 2.37. The Labute approximate surface area is 112 Å². The Bertz CT molecular complexity index is 431. The lowest BCUT2D eigenvalue weighted by molar-refractivity contribution is -0.120. The van der Waals surface area contributed by atoms with Crippen molar-refractivity contribution in [1.29, 1.82) is 0 Å². The van der Waals surface area contributed by atoms with Crippen molar-refractivity contribution in [3.05, 3.63) is 29.8 Å². The minimum absolute atomic E-state index is 0.0310. The van der Waals surface area contributed by atoms with Gasteiger partial charge in [0.1, 0.15) is 0 Å². The normalized spacial score (nSPS) is 11.7. The number of nitrogens with one attached hydrogen (secondary N) is 2. The van der Waals surface area contributed by atoms with E-state index in [9.17, 15) is 9.59 Å². The first-order valence-electron chi connectivity index (χ1n) is 5.95. The fourth-order valence-corrected chi connectivity index (χ4v) is 1.55. The third-order valence-corrected chi connectivity index (χ3v) is 2.45. The molecule has 0 saturated heterocycles. The van der Waals surface area contributed by atoms with Crippen molar-refractivity contribution in [3.63, 3.8) is 0 Å². The van der Waals surface area contributed by atoms with E-state index >= 15 is 0 Å². The van der Waals surface area contributed by atoms with Gasteiger partial charge in [0.2, 0.25) is 11.8 Å². The van der Waals surface area contributed by atoms with Gasteiger partial charge >= 0.3 is 0 Å². The van der Waals surface area contributed by atoms with Crippen molar-refractivity contribution < 1.29 is 14.3 Å². The Balaban J connectivity index is 2.39. The van der Waals surface area contributed by atoms with Crippen LogP contribution in [0.5, 0.6) is 0 Å². The maximum Gasteiger partial charge on any atom is 0.248 e. The van der Waals surface area contributed by atoms with Gasteiger partial charge in [-0.15, -0.1) is 0 Å². The van der Waals surface area contributed by atoms with Gasteiger partial charge in [-0.2, -0.15) is 0 Å². The summed E-state index contributed by atoms with van der Waals surface area (Å²) in [6.07, 6.45) is 0. The summed E-state index contributed by atoms with van der Waals surface area (Å²) >= 11 is 0. The molecular weight excluding hydrogens is 246 g/mol. The molecule has 1 aromatic rings. The number of anilines is 1. The van der Waals surface area contributed by atoms with Gasteiger partial charge in [0.25, 0.3) is 0 Å². The highest BCUT2D eigenvalue weighted by Crippen LogP contribution is 2.08. The van der Waals surface area contributed by atoms with E-state index in [-0.39, 0.29) is 18.5 Å². The van der Waals surface area contributed by atoms with Crippen LogP contribution in [0.3, 0.4) is 0 Å². The number of primary amides is 1. The largest absolute Gasteiger partial charge is 0.383 e. The number of methoxy groups -OCH3 is 1.